The van der Waals surface area contributed by atoms with Gasteiger partial charge in [-0.1, -0.05) is 43.1 Å². The zero-order valence-electron chi connectivity index (χ0n) is 14.9. The van der Waals surface area contributed by atoms with E-state index in [1.165, 1.54) is 0 Å². The predicted molar refractivity (Wildman–Crippen MR) is 99.9 cm³/mol. The van der Waals surface area contributed by atoms with Crippen LogP contribution in [0, 0.1) is 11.8 Å². The van der Waals surface area contributed by atoms with Gasteiger partial charge >= 0.3 is 5.97 Å². The third-order valence-corrected chi connectivity index (χ3v) is 5.32. The summed E-state index contributed by atoms with van der Waals surface area (Å²) < 4.78 is 5.07. The molecule has 1 amide bonds. The minimum absolute atomic E-state index is 0.129. The molecule has 0 saturated heterocycles. The van der Waals surface area contributed by atoms with Crippen LogP contribution in [-0.2, 0) is 20.7 Å². The van der Waals surface area contributed by atoms with Crippen LogP contribution in [0.1, 0.15) is 45.6 Å². The molecule has 1 unspecified atom stereocenters. The highest BCUT2D eigenvalue weighted by Gasteiger charge is 2.42. The molecule has 25 heavy (non-hydrogen) atoms. The highest BCUT2D eigenvalue weighted by molar-refractivity contribution is 6.35. The van der Waals surface area contributed by atoms with Gasteiger partial charge in [-0.3, -0.25) is 9.59 Å². The van der Waals surface area contributed by atoms with E-state index in [2.05, 4.69) is 5.32 Å². The zero-order valence-corrected chi connectivity index (χ0v) is 16.4. The Bertz CT molecular complexity index is 642. The third-order valence-electron chi connectivity index (χ3n) is 4.73. The van der Waals surface area contributed by atoms with Gasteiger partial charge in [0.1, 0.15) is 5.92 Å². The second kappa shape index (κ2) is 8.41. The van der Waals surface area contributed by atoms with Crippen LogP contribution in [0.15, 0.2) is 18.2 Å². The molecule has 1 aliphatic carbocycles. The second-order valence-electron chi connectivity index (χ2n) is 7.01. The lowest BCUT2D eigenvalue weighted by molar-refractivity contribution is -0.154. The van der Waals surface area contributed by atoms with E-state index >= 15 is 0 Å². The maximum absolute atomic E-state index is 12.8. The lowest BCUT2D eigenvalue weighted by Crippen LogP contribution is -2.57. The van der Waals surface area contributed by atoms with Gasteiger partial charge in [-0.2, -0.15) is 0 Å². The molecule has 6 heteroatoms. The number of carbonyl (C=O) groups excluding carboxylic acids is 2. The summed E-state index contributed by atoms with van der Waals surface area (Å²) in [5, 5.41) is 4.29. The lowest BCUT2D eigenvalue weighted by atomic mass is 9.72. The van der Waals surface area contributed by atoms with Gasteiger partial charge in [0, 0.05) is 15.6 Å². The van der Waals surface area contributed by atoms with Crippen molar-refractivity contribution < 1.29 is 14.3 Å². The first-order valence-electron chi connectivity index (χ1n) is 8.70. The first kappa shape index (κ1) is 20.1. The molecule has 0 aromatic heterocycles. The lowest BCUT2D eigenvalue weighted by Gasteiger charge is -2.44. The van der Waals surface area contributed by atoms with Crippen LogP contribution in [0.4, 0.5) is 0 Å². The summed E-state index contributed by atoms with van der Waals surface area (Å²) in [5.74, 6) is -1.65. The summed E-state index contributed by atoms with van der Waals surface area (Å²) in [6.45, 7) is 5.71. The summed E-state index contributed by atoms with van der Waals surface area (Å²) in [5.41, 5.74) is 0.595. The number of amides is 1. The monoisotopic (exact) mass is 385 g/mol. The maximum atomic E-state index is 12.8. The first-order chi connectivity index (χ1) is 11.8. The van der Waals surface area contributed by atoms with Crippen molar-refractivity contribution in [3.63, 3.8) is 0 Å². The number of halogens is 2. The number of hydrogen-bond acceptors (Lipinski definition) is 3. The standard InChI is InChI=1S/C19H25Cl2NO3/c1-4-25-18(24)16(12(2)3)17(23)22-19(8-5-9-19)11-13-6-7-14(20)10-15(13)21/h6-7,10,12,16H,4-5,8-9,11H2,1-3H3,(H,22,23). The van der Waals surface area contributed by atoms with Crippen molar-refractivity contribution in [1.82, 2.24) is 5.32 Å². The zero-order chi connectivity index (χ0) is 18.6. The Hall–Kier alpha value is -1.26. The SMILES string of the molecule is CCOC(=O)C(C(=O)NC1(Cc2ccc(Cl)cc2Cl)CCC1)C(C)C. The number of esters is 1. The van der Waals surface area contributed by atoms with Gasteiger partial charge in [0.2, 0.25) is 5.91 Å². The van der Waals surface area contributed by atoms with Crippen molar-refractivity contribution >= 4 is 35.1 Å². The smallest absolute Gasteiger partial charge is 0.318 e. The fraction of sp³-hybridized carbons (Fsp3) is 0.579. The Morgan fingerprint density at radius 3 is 2.44 bits per heavy atom. The van der Waals surface area contributed by atoms with E-state index in [1.54, 1.807) is 19.1 Å². The molecular formula is C19H25Cl2NO3. The fourth-order valence-corrected chi connectivity index (χ4v) is 3.71. The van der Waals surface area contributed by atoms with Crippen molar-refractivity contribution in [2.45, 2.75) is 52.0 Å². The minimum atomic E-state index is -0.793. The minimum Gasteiger partial charge on any atom is -0.465 e. The molecular weight excluding hydrogens is 361 g/mol. The highest BCUT2D eigenvalue weighted by atomic mass is 35.5. The number of benzene rings is 1. The van der Waals surface area contributed by atoms with Gasteiger partial charge in [0.15, 0.2) is 0 Å². The average Bonchev–Trinajstić information content (AvgIpc) is 2.47. The number of ether oxygens (including phenoxy) is 1. The van der Waals surface area contributed by atoms with Gasteiger partial charge in [-0.05, 0) is 56.2 Å². The molecule has 2 rings (SSSR count). The molecule has 4 nitrogen and oxygen atoms in total. The molecule has 0 radical (unpaired) electrons. The molecule has 1 aromatic carbocycles. The Morgan fingerprint density at radius 2 is 1.96 bits per heavy atom. The molecule has 138 valence electrons. The largest absolute Gasteiger partial charge is 0.465 e. The van der Waals surface area contributed by atoms with E-state index in [-0.39, 0.29) is 24.0 Å². The quantitative estimate of drug-likeness (QED) is 0.558. The summed E-state index contributed by atoms with van der Waals surface area (Å²) in [6.07, 6.45) is 3.40. The molecule has 1 aromatic rings. The van der Waals surface area contributed by atoms with Gasteiger partial charge in [-0.25, -0.2) is 0 Å². The topological polar surface area (TPSA) is 55.4 Å². The molecule has 1 atom stereocenters. The van der Waals surface area contributed by atoms with Crippen LogP contribution < -0.4 is 5.32 Å². The maximum Gasteiger partial charge on any atom is 0.318 e. The molecule has 1 aliphatic rings. The Balaban J connectivity index is 2.14. The predicted octanol–water partition coefficient (Wildman–Crippen LogP) is 4.41. The van der Waals surface area contributed by atoms with Crippen LogP contribution >= 0.6 is 23.2 Å². The van der Waals surface area contributed by atoms with Crippen molar-refractivity contribution in [1.29, 1.82) is 0 Å². The van der Waals surface area contributed by atoms with Crippen LogP contribution in [-0.4, -0.2) is 24.0 Å². The average molecular weight is 386 g/mol. The van der Waals surface area contributed by atoms with Crippen molar-refractivity contribution in [3.8, 4) is 0 Å². The molecule has 0 spiro atoms. The number of carbonyl (C=O) groups is 2. The molecule has 0 aliphatic heterocycles. The highest BCUT2D eigenvalue weighted by Crippen LogP contribution is 2.37. The van der Waals surface area contributed by atoms with Crippen LogP contribution in [0.2, 0.25) is 10.0 Å². The van der Waals surface area contributed by atoms with Gasteiger partial charge in [-0.15, -0.1) is 0 Å². The summed E-state index contributed by atoms with van der Waals surface area (Å²) in [7, 11) is 0. The molecule has 1 N–H and O–H groups in total. The van der Waals surface area contributed by atoms with E-state index in [9.17, 15) is 9.59 Å². The van der Waals surface area contributed by atoms with Crippen LogP contribution in [0.25, 0.3) is 0 Å². The normalized spacial score (nSPS) is 16.9. The summed E-state index contributed by atoms with van der Waals surface area (Å²) in [6, 6.07) is 5.40. The van der Waals surface area contributed by atoms with E-state index in [0.717, 1.165) is 24.8 Å². The second-order valence-corrected chi connectivity index (χ2v) is 7.85. The molecule has 1 fully saturated rings. The van der Waals surface area contributed by atoms with Crippen molar-refractivity contribution in [2.24, 2.45) is 11.8 Å². The summed E-state index contributed by atoms with van der Waals surface area (Å²) >= 11 is 12.2. The Labute approximate surface area is 159 Å². The van der Waals surface area contributed by atoms with Crippen molar-refractivity contribution in [2.75, 3.05) is 6.61 Å². The number of hydrogen-bond donors (Lipinski definition) is 1. The Morgan fingerprint density at radius 1 is 1.28 bits per heavy atom. The van der Waals surface area contributed by atoms with Crippen LogP contribution in [0.5, 0.6) is 0 Å². The molecule has 0 heterocycles. The van der Waals surface area contributed by atoms with E-state index < -0.39 is 11.9 Å². The van der Waals surface area contributed by atoms with E-state index in [0.29, 0.717) is 16.5 Å². The van der Waals surface area contributed by atoms with Crippen molar-refractivity contribution in [3.05, 3.63) is 33.8 Å². The number of rotatable bonds is 7. The van der Waals surface area contributed by atoms with Crippen LogP contribution in [0.3, 0.4) is 0 Å². The fourth-order valence-electron chi connectivity index (χ4n) is 3.23. The summed E-state index contributed by atoms with van der Waals surface area (Å²) in [4.78, 5) is 24.9. The van der Waals surface area contributed by atoms with Gasteiger partial charge < -0.3 is 10.1 Å². The Kier molecular flexibility index (Phi) is 6.75. The third kappa shape index (κ3) is 4.89. The van der Waals surface area contributed by atoms with Gasteiger partial charge in [0.05, 0.1) is 6.61 Å². The van der Waals surface area contributed by atoms with Gasteiger partial charge in [0.25, 0.3) is 0 Å². The molecule has 1 saturated carbocycles. The van der Waals surface area contributed by atoms with E-state index in [1.807, 2.05) is 19.9 Å². The molecule has 0 bridgehead atoms. The first-order valence-corrected chi connectivity index (χ1v) is 9.46. The van der Waals surface area contributed by atoms with E-state index in [4.69, 9.17) is 27.9 Å². The number of nitrogens with one attached hydrogen (secondary N) is 1.